The van der Waals surface area contributed by atoms with E-state index in [0.29, 0.717) is 25.8 Å². The molecule has 10 heteroatoms. The average Bonchev–Trinajstić information content (AvgIpc) is 3.08. The van der Waals surface area contributed by atoms with Gasteiger partial charge in [0.05, 0.1) is 7.11 Å². The van der Waals surface area contributed by atoms with Crippen LogP contribution in [0.1, 0.15) is 60.8 Å². The summed E-state index contributed by atoms with van der Waals surface area (Å²) < 4.78 is 10.1. The van der Waals surface area contributed by atoms with E-state index in [1.54, 1.807) is 27.7 Å². The van der Waals surface area contributed by atoms with E-state index >= 15 is 0 Å². The van der Waals surface area contributed by atoms with Gasteiger partial charge in [0.15, 0.2) is 0 Å². The number of carbonyl (C=O) groups excluding carboxylic acids is 4. The second kappa shape index (κ2) is 11.0. The summed E-state index contributed by atoms with van der Waals surface area (Å²) in [5.74, 6) is -0.736. The fourth-order valence-corrected chi connectivity index (χ4v) is 3.15. The molecule has 1 aliphatic rings. The first-order valence-electron chi connectivity index (χ1n) is 10.3. The second-order valence-corrected chi connectivity index (χ2v) is 8.89. The first-order chi connectivity index (χ1) is 13.8. The molecule has 1 fully saturated rings. The highest BCUT2D eigenvalue weighted by Crippen LogP contribution is 2.21. The number of nitrogens with zero attached hydrogens (tertiary/aromatic N) is 1. The molecule has 0 aromatic heterocycles. The van der Waals surface area contributed by atoms with Crippen molar-refractivity contribution in [2.45, 2.75) is 84.7 Å². The lowest BCUT2D eigenvalue weighted by atomic mass is 10.0. The zero-order chi connectivity index (χ0) is 23.1. The molecule has 0 spiro atoms. The fraction of sp³-hybridized carbons (Fsp3) is 0.800. The predicted octanol–water partition coefficient (Wildman–Crippen LogP) is 1.74. The van der Waals surface area contributed by atoms with Crippen molar-refractivity contribution in [2.24, 2.45) is 5.92 Å². The maximum Gasteiger partial charge on any atom is 0.410 e. The van der Waals surface area contributed by atoms with Crippen molar-refractivity contribution in [3.05, 3.63) is 0 Å². The van der Waals surface area contributed by atoms with Crippen molar-refractivity contribution in [2.75, 3.05) is 13.7 Å². The Kier molecular flexibility index (Phi) is 9.38. The van der Waals surface area contributed by atoms with Gasteiger partial charge >= 0.3 is 18.1 Å². The normalized spacial score (nSPS) is 18.4. The lowest BCUT2D eigenvalue weighted by molar-refractivity contribution is -0.143. The third-order valence-electron chi connectivity index (χ3n) is 4.39. The van der Waals surface area contributed by atoms with Gasteiger partial charge in [-0.3, -0.25) is 9.69 Å². The number of hydrogen-bond donors (Lipinski definition) is 3. The molecule has 1 saturated heterocycles. The van der Waals surface area contributed by atoms with Crippen LogP contribution in [0.4, 0.5) is 9.59 Å². The van der Waals surface area contributed by atoms with Gasteiger partial charge in [-0.1, -0.05) is 13.8 Å². The zero-order valence-corrected chi connectivity index (χ0v) is 19.0. The van der Waals surface area contributed by atoms with Gasteiger partial charge in [-0.2, -0.15) is 0 Å². The lowest BCUT2D eigenvalue weighted by Crippen LogP contribution is -2.56. The summed E-state index contributed by atoms with van der Waals surface area (Å²) in [6.45, 7) is 11.2. The summed E-state index contributed by atoms with van der Waals surface area (Å²) in [4.78, 5) is 50.4. The Hall–Kier alpha value is -2.52. The van der Waals surface area contributed by atoms with Gasteiger partial charge in [0.1, 0.15) is 23.9 Å². The van der Waals surface area contributed by atoms with Crippen LogP contribution in [0.3, 0.4) is 0 Å². The minimum absolute atomic E-state index is 0.174. The maximum absolute atomic E-state index is 12.6. The molecule has 172 valence electrons. The highest BCUT2D eigenvalue weighted by molar-refractivity contribution is 5.87. The first-order valence-corrected chi connectivity index (χ1v) is 10.3. The Balaban J connectivity index is 2.61. The van der Waals surface area contributed by atoms with Crippen molar-refractivity contribution in [3.8, 4) is 0 Å². The molecule has 1 heterocycles. The molecule has 0 aromatic rings. The lowest BCUT2D eigenvalue weighted by Gasteiger charge is -2.29. The minimum atomic E-state index is -0.782. The van der Waals surface area contributed by atoms with Crippen LogP contribution in [0.15, 0.2) is 0 Å². The van der Waals surface area contributed by atoms with E-state index in [0.717, 1.165) is 0 Å². The number of nitrogens with one attached hydrogen (secondary N) is 3. The fourth-order valence-electron chi connectivity index (χ4n) is 3.15. The summed E-state index contributed by atoms with van der Waals surface area (Å²) in [5.41, 5.74) is -0.653. The van der Waals surface area contributed by atoms with Crippen LogP contribution in [0.25, 0.3) is 0 Å². The summed E-state index contributed by atoms with van der Waals surface area (Å²) in [5, 5.41) is 7.82. The van der Waals surface area contributed by atoms with E-state index in [-0.39, 0.29) is 11.8 Å². The highest BCUT2D eigenvalue weighted by Gasteiger charge is 2.37. The molecule has 4 amide bonds. The minimum Gasteiger partial charge on any atom is -0.467 e. The molecule has 3 atom stereocenters. The van der Waals surface area contributed by atoms with E-state index in [1.807, 2.05) is 13.8 Å². The third kappa shape index (κ3) is 8.46. The molecule has 1 aliphatic heterocycles. The van der Waals surface area contributed by atoms with Crippen LogP contribution in [0.2, 0.25) is 0 Å². The van der Waals surface area contributed by atoms with Gasteiger partial charge < -0.3 is 25.4 Å². The van der Waals surface area contributed by atoms with E-state index < -0.39 is 41.9 Å². The molecular formula is C20H36N4O6. The van der Waals surface area contributed by atoms with Crippen LogP contribution >= 0.6 is 0 Å². The molecular weight excluding hydrogens is 392 g/mol. The summed E-state index contributed by atoms with van der Waals surface area (Å²) in [6, 6.07) is -2.04. The number of methoxy groups -OCH3 is 1. The SMILES string of the molecule is COC(=O)[C@H](CC(C)C)NC(=O)N[C@H](C)NC(=O)[C@@H]1CCCN1C(=O)OC(C)(C)C. The highest BCUT2D eigenvalue weighted by atomic mass is 16.6. The predicted molar refractivity (Wildman–Crippen MR) is 110 cm³/mol. The van der Waals surface area contributed by atoms with Crippen LogP contribution in [-0.4, -0.2) is 66.4 Å². The summed E-state index contributed by atoms with van der Waals surface area (Å²) >= 11 is 0. The van der Waals surface area contributed by atoms with Gasteiger partial charge in [0, 0.05) is 6.54 Å². The standard InChI is InChI=1S/C20H36N4O6/c1-12(2)11-14(17(26)29-7)23-18(27)22-13(3)21-16(25)15-9-8-10-24(15)19(28)30-20(4,5)6/h12-15H,8-11H2,1-7H3,(H,21,25)(H2,22,23,27)/t13-,14+,15+/m1/s1. The Labute approximate surface area is 178 Å². The van der Waals surface area contributed by atoms with Crippen molar-refractivity contribution >= 4 is 24.0 Å². The Morgan fingerprint density at radius 1 is 1.07 bits per heavy atom. The number of esters is 1. The number of amides is 4. The topological polar surface area (TPSA) is 126 Å². The monoisotopic (exact) mass is 428 g/mol. The van der Waals surface area contributed by atoms with Gasteiger partial charge in [-0.05, 0) is 52.9 Å². The van der Waals surface area contributed by atoms with Crippen molar-refractivity contribution in [3.63, 3.8) is 0 Å². The molecule has 3 N–H and O–H groups in total. The smallest absolute Gasteiger partial charge is 0.410 e. The number of carbonyl (C=O) groups is 4. The van der Waals surface area contributed by atoms with E-state index in [4.69, 9.17) is 9.47 Å². The van der Waals surface area contributed by atoms with E-state index in [2.05, 4.69) is 16.0 Å². The molecule has 0 aliphatic carbocycles. The second-order valence-electron chi connectivity index (χ2n) is 8.89. The summed E-state index contributed by atoms with van der Waals surface area (Å²) in [7, 11) is 1.26. The number of rotatable bonds is 7. The van der Waals surface area contributed by atoms with Crippen molar-refractivity contribution in [1.29, 1.82) is 0 Å². The number of hydrogen-bond acceptors (Lipinski definition) is 6. The molecule has 0 unspecified atom stereocenters. The van der Waals surface area contributed by atoms with Gasteiger partial charge in [-0.25, -0.2) is 14.4 Å². The number of likely N-dealkylation sites (tertiary alicyclic amines) is 1. The van der Waals surface area contributed by atoms with Gasteiger partial charge in [0.25, 0.3) is 0 Å². The van der Waals surface area contributed by atoms with Crippen LogP contribution in [-0.2, 0) is 19.1 Å². The Morgan fingerprint density at radius 3 is 2.23 bits per heavy atom. The molecule has 0 saturated carbocycles. The van der Waals surface area contributed by atoms with Gasteiger partial charge in [0.2, 0.25) is 5.91 Å². The molecule has 10 nitrogen and oxygen atoms in total. The molecule has 1 rings (SSSR count). The summed E-state index contributed by atoms with van der Waals surface area (Å²) in [6.07, 6.45) is 0.385. The van der Waals surface area contributed by atoms with Crippen LogP contribution in [0.5, 0.6) is 0 Å². The van der Waals surface area contributed by atoms with Gasteiger partial charge in [-0.15, -0.1) is 0 Å². The quantitative estimate of drug-likeness (QED) is 0.419. The number of urea groups is 1. The Morgan fingerprint density at radius 2 is 1.70 bits per heavy atom. The zero-order valence-electron chi connectivity index (χ0n) is 19.0. The molecule has 30 heavy (non-hydrogen) atoms. The maximum atomic E-state index is 12.6. The Bertz CT molecular complexity index is 631. The first kappa shape index (κ1) is 25.5. The molecule has 0 aromatic carbocycles. The number of ether oxygens (including phenoxy) is 2. The van der Waals surface area contributed by atoms with E-state index in [1.165, 1.54) is 12.0 Å². The largest absolute Gasteiger partial charge is 0.467 e. The third-order valence-corrected chi connectivity index (χ3v) is 4.39. The van der Waals surface area contributed by atoms with Crippen LogP contribution in [0, 0.1) is 5.92 Å². The molecule has 0 radical (unpaired) electrons. The average molecular weight is 429 g/mol. The van der Waals surface area contributed by atoms with E-state index in [9.17, 15) is 19.2 Å². The molecule has 0 bridgehead atoms. The van der Waals surface area contributed by atoms with Crippen LogP contribution < -0.4 is 16.0 Å². The van der Waals surface area contributed by atoms with Crippen molar-refractivity contribution < 1.29 is 28.7 Å². The van der Waals surface area contributed by atoms with Crippen molar-refractivity contribution in [1.82, 2.24) is 20.9 Å².